The van der Waals surface area contributed by atoms with Gasteiger partial charge < -0.3 is 4.90 Å². The minimum absolute atomic E-state index is 0.534. The van der Waals surface area contributed by atoms with E-state index in [-0.39, 0.29) is 0 Å². The summed E-state index contributed by atoms with van der Waals surface area (Å²) < 4.78 is 0. The molecule has 2 aliphatic rings. The van der Waals surface area contributed by atoms with Crippen molar-refractivity contribution >= 4 is 11.4 Å². The number of anilines is 2. The van der Waals surface area contributed by atoms with E-state index in [1.165, 1.54) is 33.6 Å². The third-order valence-electron chi connectivity index (χ3n) is 8.04. The predicted molar refractivity (Wildman–Crippen MR) is 161 cm³/mol. The van der Waals surface area contributed by atoms with E-state index >= 15 is 0 Å². The summed E-state index contributed by atoms with van der Waals surface area (Å²) in [6, 6.07) is 45.1. The molecule has 4 heteroatoms. The van der Waals surface area contributed by atoms with E-state index in [9.17, 15) is 0 Å². The smallest absolute Gasteiger partial charge is 0.164 e. The highest BCUT2D eigenvalue weighted by Gasteiger charge is 2.36. The largest absolute Gasteiger partial charge is 0.337 e. The van der Waals surface area contributed by atoms with Crippen molar-refractivity contribution < 1.29 is 0 Å². The Kier molecular flexibility index (Phi) is 5.30. The molecule has 6 aromatic rings. The van der Waals surface area contributed by atoms with E-state index in [1.807, 2.05) is 60.7 Å². The fraction of sp³-hybridized carbons (Fsp3) is 0.0833. The average molecular weight is 515 g/mol. The van der Waals surface area contributed by atoms with E-state index in [0.29, 0.717) is 23.5 Å². The number of hydrogen-bond donors (Lipinski definition) is 0. The SMILES string of the molecule is c1ccc(-c2nc(-c3ccccc3)nc(-c3ccc(-c4ccc5c(c4)CC4Cc6ccccc6N54)cc3)n2)cc1. The highest BCUT2D eigenvalue weighted by Crippen LogP contribution is 2.46. The van der Waals surface area contributed by atoms with Crippen LogP contribution in [0.3, 0.4) is 0 Å². The van der Waals surface area contributed by atoms with Gasteiger partial charge in [-0.25, -0.2) is 15.0 Å². The van der Waals surface area contributed by atoms with Crippen LogP contribution >= 0.6 is 0 Å². The number of aromatic nitrogens is 3. The number of benzene rings is 5. The van der Waals surface area contributed by atoms with Crippen molar-refractivity contribution in [3.8, 4) is 45.3 Å². The first kappa shape index (κ1) is 22.9. The first-order chi connectivity index (χ1) is 19.8. The molecule has 0 radical (unpaired) electrons. The normalized spacial score (nSPS) is 15.0. The Bertz CT molecular complexity index is 1790. The van der Waals surface area contributed by atoms with Crippen LogP contribution in [0.2, 0.25) is 0 Å². The van der Waals surface area contributed by atoms with Gasteiger partial charge in [0.25, 0.3) is 0 Å². The minimum atomic E-state index is 0.534. The molecule has 0 spiro atoms. The number of hydrogen-bond acceptors (Lipinski definition) is 4. The molecule has 2 aliphatic heterocycles. The molecule has 4 nitrogen and oxygen atoms in total. The molecule has 0 N–H and O–H groups in total. The summed E-state index contributed by atoms with van der Waals surface area (Å²) in [5.74, 6) is 2.02. The summed E-state index contributed by atoms with van der Waals surface area (Å²) in [5, 5.41) is 0. The van der Waals surface area contributed by atoms with Crippen molar-refractivity contribution in [3.63, 3.8) is 0 Å². The molecule has 1 atom stereocenters. The Balaban J connectivity index is 1.13. The zero-order valence-corrected chi connectivity index (χ0v) is 21.9. The molecule has 5 aromatic carbocycles. The Morgan fingerprint density at radius 3 is 1.55 bits per heavy atom. The van der Waals surface area contributed by atoms with Gasteiger partial charge in [0.15, 0.2) is 17.5 Å². The molecule has 0 fully saturated rings. The second-order valence-corrected chi connectivity index (χ2v) is 10.5. The lowest BCUT2D eigenvalue weighted by molar-refractivity contribution is 0.725. The van der Waals surface area contributed by atoms with Gasteiger partial charge in [-0.1, -0.05) is 109 Å². The number of fused-ring (bicyclic) bond motifs is 5. The summed E-state index contributed by atoms with van der Waals surface area (Å²) >= 11 is 0. The van der Waals surface area contributed by atoms with Crippen molar-refractivity contribution in [1.29, 1.82) is 0 Å². The third-order valence-corrected chi connectivity index (χ3v) is 8.04. The first-order valence-electron chi connectivity index (χ1n) is 13.8. The number of para-hydroxylation sites is 1. The predicted octanol–water partition coefficient (Wildman–Crippen LogP) is 8.16. The number of rotatable bonds is 4. The molecular weight excluding hydrogens is 488 g/mol. The van der Waals surface area contributed by atoms with Crippen LogP contribution in [0.5, 0.6) is 0 Å². The van der Waals surface area contributed by atoms with Crippen molar-refractivity contribution in [2.45, 2.75) is 18.9 Å². The summed E-state index contributed by atoms with van der Waals surface area (Å²) in [7, 11) is 0. The van der Waals surface area contributed by atoms with Crippen molar-refractivity contribution in [2.75, 3.05) is 4.90 Å². The molecule has 1 unspecified atom stereocenters. The zero-order chi connectivity index (χ0) is 26.5. The second-order valence-electron chi connectivity index (χ2n) is 10.5. The maximum atomic E-state index is 4.87. The van der Waals surface area contributed by atoms with Gasteiger partial charge in [0.05, 0.1) is 0 Å². The van der Waals surface area contributed by atoms with E-state index in [0.717, 1.165) is 29.5 Å². The molecule has 0 aliphatic carbocycles. The first-order valence-corrected chi connectivity index (χ1v) is 13.8. The Morgan fingerprint density at radius 2 is 0.900 bits per heavy atom. The lowest BCUT2D eigenvalue weighted by atomic mass is 9.98. The summed E-state index contributed by atoms with van der Waals surface area (Å²) in [5.41, 5.74) is 11.0. The molecule has 1 aromatic heterocycles. The fourth-order valence-corrected chi connectivity index (χ4v) is 6.12. The Labute approximate surface area is 233 Å². The van der Waals surface area contributed by atoms with Gasteiger partial charge >= 0.3 is 0 Å². The van der Waals surface area contributed by atoms with Crippen molar-refractivity contribution in [1.82, 2.24) is 15.0 Å². The summed E-state index contributed by atoms with van der Waals surface area (Å²) in [6.45, 7) is 0. The maximum absolute atomic E-state index is 4.87. The van der Waals surface area contributed by atoms with Gasteiger partial charge in [-0.2, -0.15) is 0 Å². The third kappa shape index (κ3) is 3.88. The molecule has 0 bridgehead atoms. The van der Waals surface area contributed by atoms with Crippen molar-refractivity contribution in [3.05, 3.63) is 139 Å². The average Bonchev–Trinajstić information content (AvgIpc) is 3.57. The second kappa shape index (κ2) is 9.28. The van der Waals surface area contributed by atoms with Crippen LogP contribution < -0.4 is 4.90 Å². The highest BCUT2D eigenvalue weighted by molar-refractivity contribution is 5.80. The fourth-order valence-electron chi connectivity index (χ4n) is 6.12. The van der Waals surface area contributed by atoms with E-state index in [2.05, 4.69) is 71.6 Å². The van der Waals surface area contributed by atoms with Gasteiger partial charge in [0.1, 0.15) is 0 Å². The summed E-state index contributed by atoms with van der Waals surface area (Å²) in [4.78, 5) is 17.1. The Hall–Kier alpha value is -5.09. The maximum Gasteiger partial charge on any atom is 0.164 e. The van der Waals surface area contributed by atoms with Gasteiger partial charge in [-0.05, 0) is 53.3 Å². The van der Waals surface area contributed by atoms with Crippen LogP contribution in [-0.2, 0) is 12.8 Å². The van der Waals surface area contributed by atoms with Crippen molar-refractivity contribution in [2.24, 2.45) is 0 Å². The summed E-state index contributed by atoms with van der Waals surface area (Å²) in [6.07, 6.45) is 2.21. The van der Waals surface area contributed by atoms with Crippen LogP contribution in [0.4, 0.5) is 11.4 Å². The molecule has 0 saturated heterocycles. The highest BCUT2D eigenvalue weighted by atomic mass is 15.2. The molecule has 8 rings (SSSR count). The molecule has 0 saturated carbocycles. The molecule has 40 heavy (non-hydrogen) atoms. The Morgan fingerprint density at radius 1 is 0.425 bits per heavy atom. The van der Waals surface area contributed by atoms with Gasteiger partial charge in [-0.15, -0.1) is 0 Å². The number of nitrogens with zero attached hydrogens (tertiary/aromatic N) is 4. The van der Waals surface area contributed by atoms with Crippen LogP contribution in [0.1, 0.15) is 11.1 Å². The quantitative estimate of drug-likeness (QED) is 0.238. The van der Waals surface area contributed by atoms with E-state index in [4.69, 9.17) is 15.0 Å². The van der Waals surface area contributed by atoms with Gasteiger partial charge in [-0.3, -0.25) is 0 Å². The van der Waals surface area contributed by atoms with Crippen LogP contribution in [0, 0.1) is 0 Å². The van der Waals surface area contributed by atoms with Crippen LogP contribution in [0.25, 0.3) is 45.3 Å². The molecular formula is C36H26N4. The molecule has 3 heterocycles. The topological polar surface area (TPSA) is 41.9 Å². The van der Waals surface area contributed by atoms with Crippen LogP contribution in [-0.4, -0.2) is 21.0 Å². The monoisotopic (exact) mass is 514 g/mol. The van der Waals surface area contributed by atoms with E-state index in [1.54, 1.807) is 0 Å². The minimum Gasteiger partial charge on any atom is -0.337 e. The standard InChI is InChI=1S/C36H26N4/c1-3-9-25(10-4-1)34-37-35(26-11-5-2-6-12-26)39-36(38-34)27-17-15-24(16-18-27)28-19-20-33-30(21-28)23-31-22-29-13-7-8-14-32(29)40(31)33/h1-21,31H,22-23H2. The lowest BCUT2D eigenvalue weighted by Gasteiger charge is -2.20. The van der Waals surface area contributed by atoms with Gasteiger partial charge in [0.2, 0.25) is 0 Å². The zero-order valence-electron chi connectivity index (χ0n) is 21.9. The lowest BCUT2D eigenvalue weighted by Crippen LogP contribution is -2.22. The van der Waals surface area contributed by atoms with E-state index < -0.39 is 0 Å². The molecule has 0 amide bonds. The molecule has 190 valence electrons. The van der Waals surface area contributed by atoms with Crippen LogP contribution in [0.15, 0.2) is 127 Å². The van der Waals surface area contributed by atoms with Gasteiger partial charge in [0, 0.05) is 34.1 Å².